The highest BCUT2D eigenvalue weighted by atomic mass is 31.2. The van der Waals surface area contributed by atoms with E-state index in [1.807, 2.05) is 0 Å². The molecule has 0 N–H and O–H groups in total. The standard InChI is InChI=1S/C21H47N7P/c1-6-8-9-25(7-2)29(26-16-10-22(3)11-17-26,27-18-12-23(4)13-19-27)28-20-14-24(5)15-21-28/h6-21H2,1-5H3/q+1. The third-order valence-electron chi connectivity index (χ3n) is 7.09. The molecule has 7 nitrogen and oxygen atoms in total. The number of likely N-dealkylation sites (N-methyl/N-ethyl adjacent to an activating group) is 3. The zero-order valence-electron chi connectivity index (χ0n) is 19.9. The van der Waals surface area contributed by atoms with E-state index in [1.54, 1.807) is 0 Å². The molecular weight excluding hydrogens is 381 g/mol. The van der Waals surface area contributed by atoms with Gasteiger partial charge in [-0.2, -0.15) is 0 Å². The second-order valence-corrected chi connectivity index (χ2v) is 12.5. The van der Waals surface area contributed by atoms with Crippen LogP contribution < -0.4 is 0 Å². The van der Waals surface area contributed by atoms with Gasteiger partial charge in [0, 0.05) is 52.4 Å². The summed E-state index contributed by atoms with van der Waals surface area (Å²) < 4.78 is 11.8. The minimum atomic E-state index is -1.69. The molecule has 0 aromatic heterocycles. The fourth-order valence-electron chi connectivity index (χ4n) is 5.09. The fraction of sp³-hybridized carbons (Fsp3) is 1.00. The fourth-order valence-corrected chi connectivity index (χ4v) is 10.2. The molecule has 0 saturated carbocycles. The third-order valence-corrected chi connectivity index (χ3v) is 11.8. The predicted molar refractivity (Wildman–Crippen MR) is 126 cm³/mol. The second-order valence-electron chi connectivity index (χ2n) is 9.21. The van der Waals surface area contributed by atoms with Crippen LogP contribution in [0.2, 0.25) is 0 Å². The van der Waals surface area contributed by atoms with E-state index in [1.165, 1.54) is 104 Å². The van der Waals surface area contributed by atoms with Gasteiger partial charge in [-0.25, -0.2) is 0 Å². The molecule has 0 spiro atoms. The summed E-state index contributed by atoms with van der Waals surface area (Å²) in [6.07, 6.45) is 2.59. The number of piperazine rings is 3. The van der Waals surface area contributed by atoms with Gasteiger partial charge >= 0.3 is 7.87 Å². The van der Waals surface area contributed by atoms with Gasteiger partial charge < -0.3 is 14.7 Å². The van der Waals surface area contributed by atoms with Gasteiger partial charge in [-0.3, -0.25) is 0 Å². The number of hydrogen-bond donors (Lipinski definition) is 0. The average molecular weight is 429 g/mol. The molecule has 29 heavy (non-hydrogen) atoms. The van der Waals surface area contributed by atoms with E-state index < -0.39 is 7.87 Å². The van der Waals surface area contributed by atoms with Crippen LogP contribution in [0.25, 0.3) is 0 Å². The van der Waals surface area contributed by atoms with Crippen LogP contribution in [0.15, 0.2) is 0 Å². The summed E-state index contributed by atoms with van der Waals surface area (Å²) in [5.74, 6) is 0. The maximum Gasteiger partial charge on any atom is 0.308 e. The van der Waals surface area contributed by atoms with Crippen LogP contribution in [0.1, 0.15) is 26.7 Å². The van der Waals surface area contributed by atoms with E-state index in [4.69, 9.17) is 0 Å². The Morgan fingerprint density at radius 1 is 0.586 bits per heavy atom. The lowest BCUT2D eigenvalue weighted by atomic mass is 10.3. The van der Waals surface area contributed by atoms with Gasteiger partial charge in [0.05, 0.1) is 39.3 Å². The number of hydrogen-bond acceptors (Lipinski definition) is 7. The Labute approximate surface area is 181 Å². The topological polar surface area (TPSA) is 22.7 Å². The Morgan fingerprint density at radius 2 is 0.931 bits per heavy atom. The van der Waals surface area contributed by atoms with Crippen molar-refractivity contribution in [1.82, 2.24) is 33.4 Å². The van der Waals surface area contributed by atoms with Crippen LogP contribution in [-0.2, 0) is 0 Å². The van der Waals surface area contributed by atoms with Crippen molar-refractivity contribution in [2.24, 2.45) is 0 Å². The first-order chi connectivity index (χ1) is 14.0. The molecule has 8 heteroatoms. The molecule has 3 rings (SSSR count). The van der Waals surface area contributed by atoms with Crippen molar-refractivity contribution in [3.8, 4) is 0 Å². The van der Waals surface area contributed by atoms with E-state index in [0.29, 0.717) is 0 Å². The number of rotatable bonds is 8. The first-order valence-electron chi connectivity index (χ1n) is 12.0. The predicted octanol–water partition coefficient (Wildman–Crippen LogP) is 1.53. The van der Waals surface area contributed by atoms with Crippen molar-refractivity contribution in [3.63, 3.8) is 0 Å². The highest BCUT2D eigenvalue weighted by Crippen LogP contribution is 2.70. The zero-order chi connectivity index (χ0) is 20.9. The smallest absolute Gasteiger partial charge is 0.304 e. The second kappa shape index (κ2) is 11.1. The van der Waals surface area contributed by atoms with E-state index in [-0.39, 0.29) is 0 Å². The minimum Gasteiger partial charge on any atom is -0.304 e. The van der Waals surface area contributed by atoms with E-state index in [9.17, 15) is 0 Å². The summed E-state index contributed by atoms with van der Waals surface area (Å²) in [5.41, 5.74) is 0. The lowest BCUT2D eigenvalue weighted by molar-refractivity contribution is 0.133. The van der Waals surface area contributed by atoms with Crippen LogP contribution in [-0.4, -0.2) is 146 Å². The Hall–Kier alpha value is 0.150. The first kappa shape index (κ1) is 23.8. The van der Waals surface area contributed by atoms with Gasteiger partial charge in [0.25, 0.3) is 0 Å². The largest absolute Gasteiger partial charge is 0.308 e. The van der Waals surface area contributed by atoms with Crippen LogP contribution in [0.4, 0.5) is 0 Å². The van der Waals surface area contributed by atoms with Crippen molar-refractivity contribution < 1.29 is 0 Å². The van der Waals surface area contributed by atoms with Gasteiger partial charge in [-0.15, -0.1) is 18.7 Å². The van der Waals surface area contributed by atoms with E-state index in [0.717, 1.165) is 0 Å². The monoisotopic (exact) mass is 428 g/mol. The maximum atomic E-state index is 2.96. The molecule has 0 aromatic carbocycles. The molecule has 0 unspecified atom stereocenters. The Morgan fingerprint density at radius 3 is 1.21 bits per heavy atom. The molecule has 3 heterocycles. The first-order valence-corrected chi connectivity index (χ1v) is 13.6. The quantitative estimate of drug-likeness (QED) is 0.540. The molecule has 170 valence electrons. The van der Waals surface area contributed by atoms with Crippen LogP contribution >= 0.6 is 7.87 Å². The van der Waals surface area contributed by atoms with Gasteiger partial charge in [-0.05, 0) is 34.5 Å². The number of unbranched alkanes of at least 4 members (excludes halogenated alkanes) is 1. The lowest BCUT2D eigenvalue weighted by Crippen LogP contribution is -2.62. The molecule has 0 atom stereocenters. The normalized spacial score (nSPS) is 25.9. The summed E-state index contributed by atoms with van der Waals surface area (Å²) in [6.45, 7) is 21.7. The minimum absolute atomic E-state index is 1.17. The summed E-state index contributed by atoms with van der Waals surface area (Å²) in [5, 5.41) is 0. The Balaban J connectivity index is 1.98. The van der Waals surface area contributed by atoms with Gasteiger partial charge in [0.1, 0.15) is 0 Å². The van der Waals surface area contributed by atoms with Crippen molar-refractivity contribution >= 4 is 7.87 Å². The summed E-state index contributed by atoms with van der Waals surface area (Å²) in [7, 11) is 5.18. The van der Waals surface area contributed by atoms with Gasteiger partial charge in [0.15, 0.2) is 0 Å². The molecule has 3 fully saturated rings. The Kier molecular flexibility index (Phi) is 9.15. The third kappa shape index (κ3) is 5.32. The molecule has 0 aromatic rings. The van der Waals surface area contributed by atoms with Crippen molar-refractivity contribution in [2.45, 2.75) is 26.7 Å². The molecule has 3 aliphatic rings. The average Bonchev–Trinajstić information content (AvgIpc) is 2.74. The SMILES string of the molecule is CCCCN(CC)[P+](N1CCN(C)CC1)(N1CCN(C)CC1)N1CCN(C)CC1. The molecule has 0 aliphatic carbocycles. The van der Waals surface area contributed by atoms with Crippen LogP contribution in [0, 0.1) is 0 Å². The van der Waals surface area contributed by atoms with Crippen LogP contribution in [0.3, 0.4) is 0 Å². The summed E-state index contributed by atoms with van der Waals surface area (Å²) >= 11 is 0. The Bertz CT molecular complexity index is 404. The molecule has 0 radical (unpaired) electrons. The van der Waals surface area contributed by atoms with E-state index >= 15 is 0 Å². The molecule has 0 amide bonds. The highest BCUT2D eigenvalue weighted by molar-refractivity contribution is 7.66. The number of nitrogens with zero attached hydrogens (tertiary/aromatic N) is 7. The van der Waals surface area contributed by atoms with Crippen molar-refractivity contribution in [1.29, 1.82) is 0 Å². The van der Waals surface area contributed by atoms with Crippen molar-refractivity contribution in [2.75, 3.05) is 113 Å². The van der Waals surface area contributed by atoms with Gasteiger partial charge in [0.2, 0.25) is 0 Å². The van der Waals surface area contributed by atoms with Crippen LogP contribution in [0.5, 0.6) is 0 Å². The molecular formula is C21H47N7P+. The molecule has 0 bridgehead atoms. The zero-order valence-corrected chi connectivity index (χ0v) is 20.8. The molecule has 3 saturated heterocycles. The maximum absolute atomic E-state index is 2.96. The lowest BCUT2D eigenvalue weighted by Gasteiger charge is -2.55. The van der Waals surface area contributed by atoms with E-state index in [2.05, 4.69) is 68.4 Å². The van der Waals surface area contributed by atoms with Gasteiger partial charge in [-0.1, -0.05) is 13.3 Å². The molecule has 3 aliphatic heterocycles. The summed E-state index contributed by atoms with van der Waals surface area (Å²) in [6, 6.07) is 0. The summed E-state index contributed by atoms with van der Waals surface area (Å²) in [4.78, 5) is 7.55. The van der Waals surface area contributed by atoms with Crippen molar-refractivity contribution in [3.05, 3.63) is 0 Å². The highest BCUT2D eigenvalue weighted by Gasteiger charge is 2.61.